The Kier molecular flexibility index (Phi) is 6.17. The molecule has 98 valence electrons. The molecule has 1 rings (SSSR count). The van der Waals surface area contributed by atoms with Gasteiger partial charge < -0.3 is 10.1 Å². The minimum atomic E-state index is -0.00931. The van der Waals surface area contributed by atoms with Crippen molar-refractivity contribution < 1.29 is 4.74 Å². The van der Waals surface area contributed by atoms with Crippen molar-refractivity contribution in [3.8, 4) is 0 Å². The molecule has 0 radical (unpaired) electrons. The van der Waals surface area contributed by atoms with E-state index in [4.69, 9.17) is 4.74 Å². The molecule has 0 aliphatic rings. The Hall–Kier alpha value is -0.380. The van der Waals surface area contributed by atoms with E-state index in [9.17, 15) is 0 Å². The van der Waals surface area contributed by atoms with Gasteiger partial charge in [-0.1, -0.05) is 13.8 Å². The molecule has 0 saturated heterocycles. The SMILES string of the molecule is CCCNCc1ccc(COC(C)(C)CC)s1. The lowest BCUT2D eigenvalue weighted by atomic mass is 10.1. The van der Waals surface area contributed by atoms with Gasteiger partial charge in [0.25, 0.3) is 0 Å². The fourth-order valence-electron chi connectivity index (χ4n) is 1.35. The Morgan fingerprint density at radius 2 is 1.94 bits per heavy atom. The summed E-state index contributed by atoms with van der Waals surface area (Å²) in [4.78, 5) is 2.71. The van der Waals surface area contributed by atoms with Gasteiger partial charge in [0.1, 0.15) is 0 Å². The highest BCUT2D eigenvalue weighted by Gasteiger charge is 2.15. The Morgan fingerprint density at radius 3 is 2.59 bits per heavy atom. The summed E-state index contributed by atoms with van der Waals surface area (Å²) in [5, 5.41) is 3.42. The van der Waals surface area contributed by atoms with E-state index in [1.165, 1.54) is 16.2 Å². The van der Waals surface area contributed by atoms with Crippen LogP contribution in [0.2, 0.25) is 0 Å². The van der Waals surface area contributed by atoms with Gasteiger partial charge in [-0.3, -0.25) is 0 Å². The number of nitrogens with one attached hydrogen (secondary N) is 1. The third-order valence-electron chi connectivity index (χ3n) is 2.90. The summed E-state index contributed by atoms with van der Waals surface area (Å²) < 4.78 is 5.89. The van der Waals surface area contributed by atoms with E-state index >= 15 is 0 Å². The molecule has 3 heteroatoms. The van der Waals surface area contributed by atoms with Gasteiger partial charge >= 0.3 is 0 Å². The molecule has 0 atom stereocenters. The molecular formula is C14H25NOS. The molecule has 17 heavy (non-hydrogen) atoms. The van der Waals surface area contributed by atoms with Crippen LogP contribution in [0.25, 0.3) is 0 Å². The lowest BCUT2D eigenvalue weighted by molar-refractivity contribution is -0.0304. The van der Waals surface area contributed by atoms with Crippen molar-refractivity contribution in [2.24, 2.45) is 0 Å². The summed E-state index contributed by atoms with van der Waals surface area (Å²) in [6, 6.07) is 4.38. The summed E-state index contributed by atoms with van der Waals surface area (Å²) in [6.45, 7) is 11.4. The Balaban J connectivity index is 2.35. The van der Waals surface area contributed by atoms with Crippen LogP contribution in [0.5, 0.6) is 0 Å². The monoisotopic (exact) mass is 255 g/mol. The standard InChI is InChI=1S/C14H25NOS/c1-5-9-15-10-12-7-8-13(17-12)11-16-14(3,4)6-2/h7-8,15H,5-6,9-11H2,1-4H3. The lowest BCUT2D eigenvalue weighted by Crippen LogP contribution is -2.22. The summed E-state index contributed by atoms with van der Waals surface area (Å²) in [7, 11) is 0. The van der Waals surface area contributed by atoms with Crippen molar-refractivity contribution in [1.29, 1.82) is 0 Å². The predicted molar refractivity (Wildman–Crippen MR) is 75.5 cm³/mol. The fraction of sp³-hybridized carbons (Fsp3) is 0.714. The molecule has 1 aromatic heterocycles. The van der Waals surface area contributed by atoms with Crippen molar-refractivity contribution in [3.63, 3.8) is 0 Å². The maximum absolute atomic E-state index is 5.89. The van der Waals surface area contributed by atoms with E-state index in [1.807, 2.05) is 11.3 Å². The molecule has 0 bridgehead atoms. The molecule has 0 fully saturated rings. The van der Waals surface area contributed by atoms with Crippen molar-refractivity contribution in [3.05, 3.63) is 21.9 Å². The fourth-order valence-corrected chi connectivity index (χ4v) is 2.25. The van der Waals surface area contributed by atoms with E-state index in [0.29, 0.717) is 0 Å². The first-order valence-corrected chi connectivity index (χ1v) is 7.31. The summed E-state index contributed by atoms with van der Waals surface area (Å²) in [5.41, 5.74) is -0.00931. The van der Waals surface area contributed by atoms with Gasteiger partial charge in [-0.2, -0.15) is 0 Å². The van der Waals surface area contributed by atoms with Gasteiger partial charge in [-0.25, -0.2) is 0 Å². The van der Waals surface area contributed by atoms with Crippen LogP contribution in [0.1, 0.15) is 50.3 Å². The summed E-state index contributed by atoms with van der Waals surface area (Å²) in [5.74, 6) is 0. The third-order valence-corrected chi connectivity index (χ3v) is 3.96. The Bertz CT molecular complexity index is 320. The van der Waals surface area contributed by atoms with Crippen LogP contribution in [0, 0.1) is 0 Å². The second-order valence-electron chi connectivity index (χ2n) is 4.95. The number of ether oxygens (including phenoxy) is 1. The highest BCUT2D eigenvalue weighted by atomic mass is 32.1. The molecule has 1 heterocycles. The average molecular weight is 255 g/mol. The zero-order valence-corrected chi connectivity index (χ0v) is 12.3. The molecule has 0 aliphatic carbocycles. The average Bonchev–Trinajstić information content (AvgIpc) is 2.75. The van der Waals surface area contributed by atoms with Gasteiger partial charge in [0.2, 0.25) is 0 Å². The van der Waals surface area contributed by atoms with Crippen LogP contribution in [-0.4, -0.2) is 12.1 Å². The van der Waals surface area contributed by atoms with E-state index in [2.05, 4.69) is 45.1 Å². The maximum Gasteiger partial charge on any atom is 0.0816 e. The van der Waals surface area contributed by atoms with Crippen molar-refractivity contribution >= 4 is 11.3 Å². The van der Waals surface area contributed by atoms with E-state index in [-0.39, 0.29) is 5.60 Å². The van der Waals surface area contributed by atoms with Crippen molar-refractivity contribution in [2.75, 3.05) is 6.54 Å². The van der Waals surface area contributed by atoms with Gasteiger partial charge in [0.15, 0.2) is 0 Å². The highest BCUT2D eigenvalue weighted by molar-refractivity contribution is 7.11. The van der Waals surface area contributed by atoms with Crippen molar-refractivity contribution in [2.45, 2.75) is 59.3 Å². The molecule has 0 saturated carbocycles. The molecule has 1 N–H and O–H groups in total. The summed E-state index contributed by atoms with van der Waals surface area (Å²) >= 11 is 1.85. The van der Waals surface area contributed by atoms with Crippen LogP contribution in [-0.2, 0) is 17.9 Å². The molecule has 0 spiro atoms. The molecule has 0 aromatic carbocycles. The topological polar surface area (TPSA) is 21.3 Å². The van der Waals surface area contributed by atoms with Gasteiger partial charge in [0, 0.05) is 16.3 Å². The zero-order valence-electron chi connectivity index (χ0n) is 11.5. The molecule has 1 aromatic rings. The minimum Gasteiger partial charge on any atom is -0.370 e. The predicted octanol–water partition coefficient (Wildman–Crippen LogP) is 3.95. The first-order valence-electron chi connectivity index (χ1n) is 6.49. The number of thiophene rings is 1. The number of hydrogen-bond acceptors (Lipinski definition) is 3. The Labute approximate surface area is 109 Å². The minimum absolute atomic E-state index is 0.00931. The van der Waals surface area contributed by atoms with Gasteiger partial charge in [-0.15, -0.1) is 11.3 Å². The van der Waals surface area contributed by atoms with Crippen LogP contribution >= 0.6 is 11.3 Å². The van der Waals surface area contributed by atoms with Crippen LogP contribution < -0.4 is 5.32 Å². The molecule has 0 amide bonds. The lowest BCUT2D eigenvalue weighted by Gasteiger charge is -2.22. The van der Waals surface area contributed by atoms with Crippen molar-refractivity contribution in [1.82, 2.24) is 5.32 Å². The molecule has 0 aliphatic heterocycles. The van der Waals surface area contributed by atoms with Crippen LogP contribution in [0.3, 0.4) is 0 Å². The van der Waals surface area contributed by atoms with E-state index < -0.39 is 0 Å². The molecule has 0 unspecified atom stereocenters. The molecular weight excluding hydrogens is 230 g/mol. The first-order chi connectivity index (χ1) is 8.07. The summed E-state index contributed by atoms with van der Waals surface area (Å²) in [6.07, 6.45) is 2.23. The second-order valence-corrected chi connectivity index (χ2v) is 6.20. The number of rotatable bonds is 8. The number of hydrogen-bond donors (Lipinski definition) is 1. The largest absolute Gasteiger partial charge is 0.370 e. The van der Waals surface area contributed by atoms with E-state index in [1.54, 1.807) is 0 Å². The highest BCUT2D eigenvalue weighted by Crippen LogP contribution is 2.21. The quantitative estimate of drug-likeness (QED) is 0.710. The van der Waals surface area contributed by atoms with Crippen LogP contribution in [0.15, 0.2) is 12.1 Å². The Morgan fingerprint density at radius 1 is 1.24 bits per heavy atom. The van der Waals surface area contributed by atoms with Crippen LogP contribution in [0.4, 0.5) is 0 Å². The normalized spacial score (nSPS) is 12.0. The van der Waals surface area contributed by atoms with E-state index in [0.717, 1.165) is 26.1 Å². The van der Waals surface area contributed by atoms with Gasteiger partial charge in [-0.05, 0) is 45.4 Å². The molecule has 2 nitrogen and oxygen atoms in total. The second kappa shape index (κ2) is 7.14. The first kappa shape index (κ1) is 14.7. The zero-order chi connectivity index (χ0) is 12.7. The third kappa shape index (κ3) is 5.66. The maximum atomic E-state index is 5.89. The smallest absolute Gasteiger partial charge is 0.0816 e. The van der Waals surface area contributed by atoms with Gasteiger partial charge in [0.05, 0.1) is 12.2 Å².